The highest BCUT2D eigenvalue weighted by molar-refractivity contribution is 4.62. The summed E-state index contributed by atoms with van der Waals surface area (Å²) in [5.41, 5.74) is 0. The van der Waals surface area contributed by atoms with Crippen LogP contribution in [0.5, 0.6) is 0 Å². The number of hydrogen-bond donors (Lipinski definition) is 0. The molecular weight excluding hydrogens is 148 g/mol. The molecule has 5 heteroatoms. The van der Waals surface area contributed by atoms with Gasteiger partial charge in [-0.05, 0) is 0 Å². The average molecular weight is 160 g/mol. The van der Waals surface area contributed by atoms with Gasteiger partial charge in [0.2, 0.25) is 0 Å². The summed E-state index contributed by atoms with van der Waals surface area (Å²) in [4.78, 5) is 11.9. The van der Waals surface area contributed by atoms with Gasteiger partial charge in [-0.3, -0.25) is 10.1 Å². The minimum Gasteiger partial charge on any atom is -0.379 e. The summed E-state index contributed by atoms with van der Waals surface area (Å²) in [7, 11) is 0. The van der Waals surface area contributed by atoms with E-state index in [1.54, 1.807) is 6.92 Å². The Bertz CT molecular complexity index is 145. The van der Waals surface area contributed by atoms with Crippen LogP contribution >= 0.6 is 0 Å². The van der Waals surface area contributed by atoms with Crippen LogP contribution in [-0.2, 0) is 4.74 Å². The third-order valence-electron chi connectivity index (χ3n) is 1.88. The Kier molecular flexibility index (Phi) is 2.78. The van der Waals surface area contributed by atoms with E-state index in [0.29, 0.717) is 26.3 Å². The minimum atomic E-state index is -0.570. The van der Waals surface area contributed by atoms with E-state index >= 15 is 0 Å². The van der Waals surface area contributed by atoms with E-state index in [4.69, 9.17) is 4.74 Å². The van der Waals surface area contributed by atoms with Crippen molar-refractivity contribution in [1.82, 2.24) is 4.90 Å². The summed E-state index contributed by atoms with van der Waals surface area (Å²) in [6, 6.07) is 0. The molecule has 1 fully saturated rings. The van der Waals surface area contributed by atoms with Gasteiger partial charge in [-0.15, -0.1) is 0 Å². The quantitative estimate of drug-likeness (QED) is 0.419. The van der Waals surface area contributed by atoms with Crippen LogP contribution in [0.25, 0.3) is 0 Å². The molecule has 5 nitrogen and oxygen atoms in total. The summed E-state index contributed by atoms with van der Waals surface area (Å²) >= 11 is 0. The smallest absolute Gasteiger partial charge is 0.265 e. The van der Waals surface area contributed by atoms with Crippen molar-refractivity contribution in [2.45, 2.75) is 13.1 Å². The molecule has 1 unspecified atom stereocenters. The largest absolute Gasteiger partial charge is 0.379 e. The SMILES string of the molecule is CC(N1CCOCC1)[N+](=O)[O-]. The summed E-state index contributed by atoms with van der Waals surface area (Å²) in [5.74, 6) is 0. The fraction of sp³-hybridized carbons (Fsp3) is 1.00. The number of ether oxygens (including phenoxy) is 1. The van der Waals surface area contributed by atoms with Gasteiger partial charge in [0.15, 0.2) is 0 Å². The molecule has 0 saturated carbocycles. The second-order valence-electron chi connectivity index (χ2n) is 2.57. The summed E-state index contributed by atoms with van der Waals surface area (Å²) in [5, 5.41) is 10.3. The third kappa shape index (κ3) is 2.13. The Morgan fingerprint density at radius 2 is 2.09 bits per heavy atom. The maximum Gasteiger partial charge on any atom is 0.265 e. The van der Waals surface area contributed by atoms with Crippen LogP contribution in [0.1, 0.15) is 6.92 Å². The van der Waals surface area contributed by atoms with E-state index in [0.717, 1.165) is 0 Å². The summed E-state index contributed by atoms with van der Waals surface area (Å²) in [6.45, 7) is 4.16. The summed E-state index contributed by atoms with van der Waals surface area (Å²) in [6.07, 6.45) is -0.570. The molecule has 1 heterocycles. The van der Waals surface area contributed by atoms with Gasteiger partial charge in [-0.25, -0.2) is 4.90 Å². The van der Waals surface area contributed by atoms with E-state index in [-0.39, 0.29) is 4.92 Å². The molecular formula is C6H12N2O3. The highest BCUT2D eigenvalue weighted by atomic mass is 16.6. The molecule has 1 rings (SSSR count). The molecule has 1 saturated heterocycles. The van der Waals surface area contributed by atoms with Crippen molar-refractivity contribution < 1.29 is 9.66 Å². The summed E-state index contributed by atoms with van der Waals surface area (Å²) < 4.78 is 5.07. The topological polar surface area (TPSA) is 55.6 Å². The molecule has 1 aliphatic heterocycles. The van der Waals surface area contributed by atoms with E-state index in [2.05, 4.69) is 0 Å². The van der Waals surface area contributed by atoms with Crippen molar-refractivity contribution in [2.75, 3.05) is 26.3 Å². The molecule has 0 spiro atoms. The lowest BCUT2D eigenvalue weighted by Crippen LogP contribution is -2.45. The lowest BCUT2D eigenvalue weighted by molar-refractivity contribution is -0.547. The van der Waals surface area contributed by atoms with Gasteiger partial charge >= 0.3 is 0 Å². The second-order valence-corrected chi connectivity index (χ2v) is 2.57. The van der Waals surface area contributed by atoms with Gasteiger partial charge in [-0.2, -0.15) is 0 Å². The van der Waals surface area contributed by atoms with Gasteiger partial charge < -0.3 is 4.74 Å². The molecule has 0 aromatic heterocycles. The van der Waals surface area contributed by atoms with Crippen LogP contribution in [0.15, 0.2) is 0 Å². The maximum absolute atomic E-state index is 10.3. The number of hydrogen-bond acceptors (Lipinski definition) is 4. The third-order valence-corrected chi connectivity index (χ3v) is 1.88. The normalized spacial score (nSPS) is 23.0. The molecule has 64 valence electrons. The van der Waals surface area contributed by atoms with Crippen molar-refractivity contribution >= 4 is 0 Å². The fourth-order valence-corrected chi connectivity index (χ4v) is 1.08. The monoisotopic (exact) mass is 160 g/mol. The Hall–Kier alpha value is -0.680. The molecule has 1 atom stereocenters. The van der Waals surface area contributed by atoms with Crippen LogP contribution in [0.4, 0.5) is 0 Å². The van der Waals surface area contributed by atoms with Crippen LogP contribution in [0.2, 0.25) is 0 Å². The standard InChI is InChI=1S/C6H12N2O3/c1-6(8(9)10)7-2-4-11-5-3-7/h6H,2-5H2,1H3. The van der Waals surface area contributed by atoms with Crippen molar-refractivity contribution in [3.8, 4) is 0 Å². The Morgan fingerprint density at radius 1 is 1.55 bits per heavy atom. The van der Waals surface area contributed by atoms with Crippen molar-refractivity contribution in [2.24, 2.45) is 0 Å². The molecule has 0 bridgehead atoms. The number of nitrogens with zero attached hydrogens (tertiary/aromatic N) is 2. The number of morpholine rings is 1. The van der Waals surface area contributed by atoms with Crippen molar-refractivity contribution in [3.05, 3.63) is 10.1 Å². The number of nitro groups is 1. The highest BCUT2D eigenvalue weighted by Crippen LogP contribution is 2.02. The van der Waals surface area contributed by atoms with Crippen LogP contribution in [-0.4, -0.2) is 42.3 Å². The fourth-order valence-electron chi connectivity index (χ4n) is 1.08. The van der Waals surface area contributed by atoms with Crippen LogP contribution in [0.3, 0.4) is 0 Å². The van der Waals surface area contributed by atoms with Crippen molar-refractivity contribution in [1.29, 1.82) is 0 Å². The van der Waals surface area contributed by atoms with E-state index in [9.17, 15) is 10.1 Å². The Morgan fingerprint density at radius 3 is 2.55 bits per heavy atom. The lowest BCUT2D eigenvalue weighted by atomic mass is 10.4. The highest BCUT2D eigenvalue weighted by Gasteiger charge is 2.24. The van der Waals surface area contributed by atoms with Gasteiger partial charge in [-0.1, -0.05) is 0 Å². The average Bonchev–Trinajstić information content (AvgIpc) is 2.05. The van der Waals surface area contributed by atoms with Gasteiger partial charge in [0.05, 0.1) is 13.2 Å². The first-order valence-corrected chi connectivity index (χ1v) is 3.67. The zero-order valence-electron chi connectivity index (χ0n) is 6.52. The van der Waals surface area contributed by atoms with E-state index in [1.165, 1.54) is 0 Å². The zero-order chi connectivity index (χ0) is 8.27. The molecule has 1 aliphatic rings. The molecule has 0 aromatic carbocycles. The Balaban J connectivity index is 2.38. The van der Waals surface area contributed by atoms with Crippen molar-refractivity contribution in [3.63, 3.8) is 0 Å². The molecule has 0 N–H and O–H groups in total. The first kappa shape index (κ1) is 8.42. The van der Waals surface area contributed by atoms with Crippen LogP contribution in [0, 0.1) is 10.1 Å². The molecule has 0 amide bonds. The minimum absolute atomic E-state index is 0.272. The van der Waals surface area contributed by atoms with Gasteiger partial charge in [0.1, 0.15) is 0 Å². The van der Waals surface area contributed by atoms with Crippen LogP contribution < -0.4 is 0 Å². The first-order valence-electron chi connectivity index (χ1n) is 3.67. The molecule has 0 radical (unpaired) electrons. The first-order chi connectivity index (χ1) is 5.22. The van der Waals surface area contributed by atoms with E-state index < -0.39 is 6.17 Å². The molecule has 0 aromatic rings. The van der Waals surface area contributed by atoms with Gasteiger partial charge in [0.25, 0.3) is 6.17 Å². The predicted octanol–water partition coefficient (Wildman–Crippen LogP) is -0.0587. The number of rotatable bonds is 2. The second kappa shape index (κ2) is 3.64. The van der Waals surface area contributed by atoms with Gasteiger partial charge in [0, 0.05) is 24.9 Å². The molecule has 0 aliphatic carbocycles. The molecule has 11 heavy (non-hydrogen) atoms. The maximum atomic E-state index is 10.3. The Labute approximate surface area is 65.1 Å². The van der Waals surface area contributed by atoms with E-state index in [1.807, 2.05) is 4.90 Å². The lowest BCUT2D eigenvalue weighted by Gasteiger charge is -2.26. The predicted molar refractivity (Wildman–Crippen MR) is 38.8 cm³/mol. The zero-order valence-corrected chi connectivity index (χ0v) is 6.52.